The fourth-order valence-electron chi connectivity index (χ4n) is 0.574. The van der Waals surface area contributed by atoms with Crippen molar-refractivity contribution in [2.75, 3.05) is 6.61 Å². The summed E-state index contributed by atoms with van der Waals surface area (Å²) in [6, 6.07) is 0. The summed E-state index contributed by atoms with van der Waals surface area (Å²) >= 11 is 0. The van der Waals surface area contributed by atoms with Gasteiger partial charge in [0.25, 0.3) is 5.78 Å². The first kappa shape index (κ1) is 11.5. The number of nitro groups is 1. The number of alkyl halides is 1. The summed E-state index contributed by atoms with van der Waals surface area (Å²) < 4.78 is 17.1. The van der Waals surface area contributed by atoms with Gasteiger partial charge in [0.2, 0.25) is 0 Å². The quantitative estimate of drug-likeness (QED) is 0.207. The van der Waals surface area contributed by atoms with Crippen LogP contribution in [0, 0.1) is 10.1 Å². The van der Waals surface area contributed by atoms with Crippen LogP contribution in [-0.4, -0.2) is 29.1 Å². The number of Topliss-reactive ketones (excluding diaryl/α,β-unsaturated/α-hetero) is 1. The largest absolute Gasteiger partial charge is 0.513 e. The highest BCUT2D eigenvalue weighted by molar-refractivity contribution is 6.03. The average Bonchev–Trinajstić information content (AvgIpc) is 2.02. The van der Waals surface area contributed by atoms with Gasteiger partial charge in [0, 0.05) is 6.92 Å². The lowest BCUT2D eigenvalue weighted by Gasteiger charge is -2.10. The number of ether oxygens (including phenoxy) is 1. The molecule has 1 unspecified atom stereocenters. The van der Waals surface area contributed by atoms with Gasteiger partial charge < -0.3 is 4.74 Å². The Bertz CT molecular complexity index is 237. The first-order chi connectivity index (χ1) is 5.87. The topological polar surface area (TPSA) is 86.5 Å². The Balaban J connectivity index is 4.91. The van der Waals surface area contributed by atoms with Crippen molar-refractivity contribution >= 4 is 11.8 Å². The Morgan fingerprint density at radius 2 is 2.08 bits per heavy atom. The van der Waals surface area contributed by atoms with Crippen molar-refractivity contribution in [3.05, 3.63) is 10.1 Å². The molecule has 1 atom stereocenters. The molecule has 0 heterocycles. The third kappa shape index (κ3) is 1.98. The molecule has 0 N–H and O–H groups in total. The maximum atomic E-state index is 13.1. The number of ketones is 1. The van der Waals surface area contributed by atoms with Crippen LogP contribution in [0.4, 0.5) is 4.39 Å². The van der Waals surface area contributed by atoms with E-state index < -0.39 is 22.5 Å². The van der Waals surface area contributed by atoms with Gasteiger partial charge in [-0.2, -0.15) is 0 Å². The van der Waals surface area contributed by atoms with Gasteiger partial charge in [-0.3, -0.25) is 14.9 Å². The number of hydrogen-bond donors (Lipinski definition) is 0. The predicted octanol–water partition coefficient (Wildman–Crippen LogP) is 0.0810. The van der Waals surface area contributed by atoms with E-state index in [0.29, 0.717) is 6.92 Å². The molecule has 0 aromatic heterocycles. The molecule has 0 saturated carbocycles. The van der Waals surface area contributed by atoms with E-state index in [2.05, 4.69) is 4.74 Å². The molecule has 0 aromatic rings. The first-order valence-corrected chi connectivity index (χ1v) is 3.39. The van der Waals surface area contributed by atoms with Crippen molar-refractivity contribution < 1.29 is 23.6 Å². The smallest absolute Gasteiger partial charge is 0.458 e. The van der Waals surface area contributed by atoms with E-state index in [9.17, 15) is 24.1 Å². The fourth-order valence-corrected chi connectivity index (χ4v) is 0.574. The molecule has 7 heteroatoms. The lowest BCUT2D eigenvalue weighted by molar-refractivity contribution is -0.570. The normalized spacial score (nSPS) is 14.4. The Labute approximate surface area is 72.8 Å². The molecule has 0 aliphatic carbocycles. The summed E-state index contributed by atoms with van der Waals surface area (Å²) in [5.41, 5.74) is 0. The van der Waals surface area contributed by atoms with E-state index in [1.807, 2.05) is 0 Å². The molecule has 0 aliphatic heterocycles. The van der Waals surface area contributed by atoms with E-state index >= 15 is 0 Å². The van der Waals surface area contributed by atoms with Gasteiger partial charge in [-0.05, 0) is 6.92 Å². The molecular weight excluding hydrogens is 185 g/mol. The SMILES string of the molecule is CCOC(=O)C(F)(C(C)=O)[N+](=O)[O-]. The lowest BCUT2D eigenvalue weighted by atomic mass is 10.2. The number of nitrogens with zero attached hydrogens (tertiary/aromatic N) is 1. The van der Waals surface area contributed by atoms with Gasteiger partial charge >= 0.3 is 11.8 Å². The van der Waals surface area contributed by atoms with Crippen LogP contribution in [0.5, 0.6) is 0 Å². The number of carbonyl (C=O) groups is 2. The minimum Gasteiger partial charge on any atom is -0.458 e. The monoisotopic (exact) mass is 193 g/mol. The van der Waals surface area contributed by atoms with Crippen molar-refractivity contribution in [3.8, 4) is 0 Å². The third-order valence-electron chi connectivity index (χ3n) is 1.26. The van der Waals surface area contributed by atoms with Crippen LogP contribution < -0.4 is 0 Å². The Morgan fingerprint density at radius 1 is 1.62 bits per heavy atom. The Hall–Kier alpha value is -1.53. The van der Waals surface area contributed by atoms with Crippen LogP contribution in [0.1, 0.15) is 13.8 Å². The second-order valence-electron chi connectivity index (χ2n) is 2.16. The highest BCUT2D eigenvalue weighted by Gasteiger charge is 2.59. The molecule has 74 valence electrons. The van der Waals surface area contributed by atoms with E-state index in [1.54, 1.807) is 0 Å². The number of rotatable bonds is 4. The van der Waals surface area contributed by atoms with Crippen LogP contribution in [0.15, 0.2) is 0 Å². The molecule has 0 aromatic carbocycles. The molecule has 0 rings (SSSR count). The summed E-state index contributed by atoms with van der Waals surface area (Å²) in [6.07, 6.45) is 0. The second kappa shape index (κ2) is 3.92. The van der Waals surface area contributed by atoms with E-state index in [1.165, 1.54) is 6.92 Å². The van der Waals surface area contributed by atoms with Crippen molar-refractivity contribution in [1.29, 1.82) is 0 Å². The zero-order valence-electron chi connectivity index (χ0n) is 7.07. The maximum Gasteiger partial charge on any atom is 0.513 e. The van der Waals surface area contributed by atoms with E-state index in [0.717, 1.165) is 0 Å². The molecule has 0 aliphatic rings. The number of halogens is 1. The number of hydrogen-bond acceptors (Lipinski definition) is 5. The zero-order valence-corrected chi connectivity index (χ0v) is 7.07. The highest BCUT2D eigenvalue weighted by atomic mass is 19.1. The molecule has 0 fully saturated rings. The number of esters is 1. The maximum absolute atomic E-state index is 13.1. The highest BCUT2D eigenvalue weighted by Crippen LogP contribution is 2.15. The van der Waals surface area contributed by atoms with E-state index in [-0.39, 0.29) is 6.61 Å². The second-order valence-corrected chi connectivity index (χ2v) is 2.16. The lowest BCUT2D eigenvalue weighted by Crippen LogP contribution is -2.49. The van der Waals surface area contributed by atoms with Crippen LogP contribution in [-0.2, 0) is 14.3 Å². The van der Waals surface area contributed by atoms with Gasteiger partial charge in [0.1, 0.15) is 0 Å². The summed E-state index contributed by atoms with van der Waals surface area (Å²) in [7, 11) is 0. The molecular formula is C6H8FNO5. The van der Waals surface area contributed by atoms with Crippen LogP contribution in [0.3, 0.4) is 0 Å². The van der Waals surface area contributed by atoms with Gasteiger partial charge in [-0.25, -0.2) is 4.79 Å². The molecule has 0 bridgehead atoms. The Morgan fingerprint density at radius 3 is 2.31 bits per heavy atom. The van der Waals surface area contributed by atoms with Gasteiger partial charge in [-0.15, -0.1) is 4.39 Å². The zero-order chi connectivity index (χ0) is 10.6. The molecule has 13 heavy (non-hydrogen) atoms. The van der Waals surface area contributed by atoms with Crippen molar-refractivity contribution in [2.24, 2.45) is 0 Å². The molecule has 0 radical (unpaired) electrons. The standard InChI is InChI=1S/C6H8FNO5/c1-3-13-5(10)6(7,4(2)9)8(11)12/h3H2,1-2H3. The van der Waals surface area contributed by atoms with Gasteiger partial charge in [0.15, 0.2) is 0 Å². The van der Waals surface area contributed by atoms with Crippen LogP contribution in [0.2, 0.25) is 0 Å². The van der Waals surface area contributed by atoms with Crippen molar-refractivity contribution in [1.82, 2.24) is 0 Å². The van der Waals surface area contributed by atoms with Gasteiger partial charge in [0.05, 0.1) is 11.5 Å². The summed E-state index contributed by atoms with van der Waals surface area (Å²) in [5, 5.41) is 10.1. The minimum absolute atomic E-state index is 0.231. The predicted molar refractivity (Wildman–Crippen MR) is 38.1 cm³/mol. The molecule has 0 amide bonds. The summed E-state index contributed by atoms with van der Waals surface area (Å²) in [6.45, 7) is 1.73. The molecule has 6 nitrogen and oxygen atoms in total. The van der Waals surface area contributed by atoms with Crippen LogP contribution >= 0.6 is 0 Å². The van der Waals surface area contributed by atoms with Crippen molar-refractivity contribution in [3.63, 3.8) is 0 Å². The van der Waals surface area contributed by atoms with E-state index in [4.69, 9.17) is 0 Å². The van der Waals surface area contributed by atoms with Crippen LogP contribution in [0.25, 0.3) is 0 Å². The average molecular weight is 193 g/mol. The van der Waals surface area contributed by atoms with Gasteiger partial charge in [-0.1, -0.05) is 0 Å². The summed E-state index contributed by atoms with van der Waals surface area (Å²) in [4.78, 5) is 29.7. The molecule has 0 spiro atoms. The van der Waals surface area contributed by atoms with Crippen molar-refractivity contribution in [2.45, 2.75) is 19.6 Å². The fraction of sp³-hybridized carbons (Fsp3) is 0.667. The first-order valence-electron chi connectivity index (χ1n) is 3.39. The third-order valence-corrected chi connectivity index (χ3v) is 1.26. The summed E-state index contributed by atoms with van der Waals surface area (Å²) in [5.74, 6) is -7.06. The Kier molecular flexibility index (Phi) is 3.46. The minimum atomic E-state index is -3.77. The number of carbonyl (C=O) groups excluding carboxylic acids is 2. The molecule has 0 saturated heterocycles.